The van der Waals surface area contributed by atoms with E-state index >= 15 is 0 Å². The number of rotatable bonds is 4. The van der Waals surface area contributed by atoms with E-state index in [1.807, 2.05) is 47.4 Å². The minimum atomic E-state index is 0.0867. The van der Waals surface area contributed by atoms with Crippen molar-refractivity contribution in [2.45, 2.75) is 11.9 Å². The topological polar surface area (TPSA) is 29.5 Å². The van der Waals surface area contributed by atoms with Crippen LogP contribution in [-0.4, -0.2) is 23.7 Å². The summed E-state index contributed by atoms with van der Waals surface area (Å²) in [5, 5.41) is 0.0867. The zero-order valence-electron chi connectivity index (χ0n) is 11.9. The molecule has 2 aromatic rings. The van der Waals surface area contributed by atoms with Crippen LogP contribution in [0.3, 0.4) is 0 Å². The van der Waals surface area contributed by atoms with E-state index < -0.39 is 0 Å². The molecule has 0 radical (unpaired) electrons. The van der Waals surface area contributed by atoms with Crippen molar-refractivity contribution in [2.24, 2.45) is 0 Å². The lowest BCUT2D eigenvalue weighted by molar-refractivity contribution is -0.128. The molecule has 2 aromatic carbocycles. The normalized spacial score (nSPS) is 18.0. The van der Waals surface area contributed by atoms with Gasteiger partial charge in [0, 0.05) is 6.54 Å². The number of ether oxygens (including phenoxy) is 1. The third-order valence-electron chi connectivity index (χ3n) is 3.56. The third-order valence-corrected chi connectivity index (χ3v) is 4.82. The Morgan fingerprint density at radius 3 is 2.52 bits per heavy atom. The molecule has 1 atom stereocenters. The van der Waals surface area contributed by atoms with Crippen LogP contribution in [0.15, 0.2) is 54.6 Å². The first-order valence-electron chi connectivity index (χ1n) is 6.87. The first-order valence-corrected chi connectivity index (χ1v) is 7.92. The van der Waals surface area contributed by atoms with Crippen LogP contribution in [0.5, 0.6) is 5.75 Å². The molecule has 0 aromatic heterocycles. The fourth-order valence-electron chi connectivity index (χ4n) is 2.45. The Hall–Kier alpha value is -1.94. The maximum atomic E-state index is 12.2. The highest BCUT2D eigenvalue weighted by Crippen LogP contribution is 2.39. The highest BCUT2D eigenvalue weighted by atomic mass is 32.2. The lowest BCUT2D eigenvalue weighted by atomic mass is 10.1. The van der Waals surface area contributed by atoms with Crippen molar-refractivity contribution >= 4 is 17.7 Å². The number of hydrogen-bond donors (Lipinski definition) is 0. The van der Waals surface area contributed by atoms with Gasteiger partial charge in [0.15, 0.2) is 0 Å². The van der Waals surface area contributed by atoms with Gasteiger partial charge in [-0.25, -0.2) is 0 Å². The van der Waals surface area contributed by atoms with Gasteiger partial charge in [-0.05, 0) is 23.3 Å². The Morgan fingerprint density at radius 1 is 1.14 bits per heavy atom. The number of methoxy groups -OCH3 is 1. The van der Waals surface area contributed by atoms with Crippen molar-refractivity contribution in [2.75, 3.05) is 12.9 Å². The van der Waals surface area contributed by atoms with Gasteiger partial charge in [0.05, 0.1) is 12.9 Å². The first kappa shape index (κ1) is 14.0. The molecule has 0 spiro atoms. The first-order chi connectivity index (χ1) is 10.3. The van der Waals surface area contributed by atoms with Crippen LogP contribution in [0, 0.1) is 0 Å². The number of benzene rings is 2. The molecule has 1 saturated heterocycles. The second kappa shape index (κ2) is 6.22. The van der Waals surface area contributed by atoms with Gasteiger partial charge in [0.1, 0.15) is 11.1 Å². The van der Waals surface area contributed by atoms with Crippen LogP contribution in [0.2, 0.25) is 0 Å². The SMILES string of the molecule is COc1ccc([C@@H]2SCC(=O)N2Cc2ccccc2)cc1. The maximum absolute atomic E-state index is 12.2. The summed E-state index contributed by atoms with van der Waals surface area (Å²) in [6, 6.07) is 18.1. The molecule has 1 amide bonds. The molecule has 4 heteroatoms. The maximum Gasteiger partial charge on any atom is 0.234 e. The second-order valence-electron chi connectivity index (χ2n) is 4.94. The molecule has 0 saturated carbocycles. The fraction of sp³-hybridized carbons (Fsp3) is 0.235. The molecule has 0 aliphatic carbocycles. The lowest BCUT2D eigenvalue weighted by Crippen LogP contribution is -2.27. The van der Waals surface area contributed by atoms with Gasteiger partial charge in [-0.3, -0.25) is 4.79 Å². The summed E-state index contributed by atoms with van der Waals surface area (Å²) in [4.78, 5) is 14.1. The molecule has 3 nitrogen and oxygen atoms in total. The molecular weight excluding hydrogens is 282 g/mol. The summed E-state index contributed by atoms with van der Waals surface area (Å²) >= 11 is 1.68. The summed E-state index contributed by atoms with van der Waals surface area (Å²) < 4.78 is 5.19. The van der Waals surface area contributed by atoms with Crippen molar-refractivity contribution in [3.05, 3.63) is 65.7 Å². The van der Waals surface area contributed by atoms with E-state index in [1.54, 1.807) is 18.9 Å². The Kier molecular flexibility index (Phi) is 4.15. The van der Waals surface area contributed by atoms with Gasteiger partial charge in [-0.1, -0.05) is 42.5 Å². The quantitative estimate of drug-likeness (QED) is 0.866. The molecule has 1 aliphatic rings. The number of carbonyl (C=O) groups is 1. The number of amides is 1. The van der Waals surface area contributed by atoms with Crippen molar-refractivity contribution in [3.8, 4) is 5.75 Å². The molecule has 108 valence electrons. The predicted octanol–water partition coefficient (Wildman–Crippen LogP) is 3.47. The lowest BCUT2D eigenvalue weighted by Gasteiger charge is -2.24. The Balaban J connectivity index is 1.81. The molecule has 0 N–H and O–H groups in total. The van der Waals surface area contributed by atoms with Crippen LogP contribution < -0.4 is 4.74 Å². The van der Waals surface area contributed by atoms with Gasteiger partial charge < -0.3 is 9.64 Å². The van der Waals surface area contributed by atoms with Crippen LogP contribution in [0.25, 0.3) is 0 Å². The standard InChI is InChI=1S/C17H17NO2S/c1-20-15-9-7-14(8-10-15)17-18(16(19)12-21-17)11-13-5-3-2-4-6-13/h2-10,17H,11-12H2,1H3/t17-/m0/s1. The van der Waals surface area contributed by atoms with Crippen LogP contribution >= 0.6 is 11.8 Å². The molecule has 3 rings (SSSR count). The van der Waals surface area contributed by atoms with E-state index in [1.165, 1.54) is 0 Å². The molecule has 1 fully saturated rings. The van der Waals surface area contributed by atoms with Gasteiger partial charge in [-0.15, -0.1) is 11.8 Å². The summed E-state index contributed by atoms with van der Waals surface area (Å²) in [6.45, 7) is 0.656. The molecular formula is C17H17NO2S. The zero-order valence-corrected chi connectivity index (χ0v) is 12.7. The van der Waals surface area contributed by atoms with Crippen molar-refractivity contribution < 1.29 is 9.53 Å². The smallest absolute Gasteiger partial charge is 0.234 e. The highest BCUT2D eigenvalue weighted by molar-refractivity contribution is 8.00. The van der Waals surface area contributed by atoms with Gasteiger partial charge in [0.25, 0.3) is 0 Å². The number of carbonyl (C=O) groups excluding carboxylic acids is 1. The highest BCUT2D eigenvalue weighted by Gasteiger charge is 2.32. The monoisotopic (exact) mass is 299 g/mol. The molecule has 1 aliphatic heterocycles. The molecule has 0 bridgehead atoms. The zero-order chi connectivity index (χ0) is 14.7. The number of nitrogens with zero attached hydrogens (tertiary/aromatic N) is 1. The van der Waals surface area contributed by atoms with E-state index in [0.717, 1.165) is 16.9 Å². The molecule has 21 heavy (non-hydrogen) atoms. The largest absolute Gasteiger partial charge is 0.497 e. The second-order valence-corrected chi connectivity index (χ2v) is 6.01. The Labute approximate surface area is 128 Å². The number of hydrogen-bond acceptors (Lipinski definition) is 3. The Bertz CT molecular complexity index is 612. The van der Waals surface area contributed by atoms with Crippen molar-refractivity contribution in [1.29, 1.82) is 0 Å². The van der Waals surface area contributed by atoms with E-state index in [0.29, 0.717) is 12.3 Å². The molecule has 1 heterocycles. The van der Waals surface area contributed by atoms with Gasteiger partial charge in [-0.2, -0.15) is 0 Å². The van der Waals surface area contributed by atoms with E-state index in [-0.39, 0.29) is 11.3 Å². The summed E-state index contributed by atoms with van der Waals surface area (Å²) in [7, 11) is 1.66. The average Bonchev–Trinajstić information content (AvgIpc) is 2.90. The van der Waals surface area contributed by atoms with E-state index in [9.17, 15) is 4.79 Å². The average molecular weight is 299 g/mol. The van der Waals surface area contributed by atoms with Crippen molar-refractivity contribution in [1.82, 2.24) is 4.90 Å². The van der Waals surface area contributed by atoms with Crippen LogP contribution in [0.1, 0.15) is 16.5 Å². The van der Waals surface area contributed by atoms with E-state index in [2.05, 4.69) is 12.1 Å². The Morgan fingerprint density at radius 2 is 1.86 bits per heavy atom. The minimum Gasteiger partial charge on any atom is -0.497 e. The summed E-state index contributed by atoms with van der Waals surface area (Å²) in [6.07, 6.45) is 0. The van der Waals surface area contributed by atoms with Crippen LogP contribution in [0.4, 0.5) is 0 Å². The van der Waals surface area contributed by atoms with Crippen molar-refractivity contribution in [3.63, 3.8) is 0 Å². The summed E-state index contributed by atoms with van der Waals surface area (Å²) in [5.41, 5.74) is 2.30. The predicted molar refractivity (Wildman–Crippen MR) is 85.2 cm³/mol. The minimum absolute atomic E-state index is 0.0867. The number of thioether (sulfide) groups is 1. The summed E-state index contributed by atoms with van der Waals surface area (Å²) in [5.74, 6) is 1.58. The fourth-order valence-corrected chi connectivity index (χ4v) is 3.64. The van der Waals surface area contributed by atoms with E-state index in [4.69, 9.17) is 4.74 Å². The van der Waals surface area contributed by atoms with Crippen LogP contribution in [-0.2, 0) is 11.3 Å². The van der Waals surface area contributed by atoms with Gasteiger partial charge in [0.2, 0.25) is 5.91 Å². The molecule has 0 unspecified atom stereocenters. The third kappa shape index (κ3) is 3.05. The van der Waals surface area contributed by atoms with Gasteiger partial charge >= 0.3 is 0 Å².